The molecule has 72 valence electrons. The van der Waals surface area contributed by atoms with Crippen molar-refractivity contribution >= 4 is 0 Å². The molecule has 6 nitrogen and oxygen atoms in total. The van der Waals surface area contributed by atoms with Gasteiger partial charge in [0.25, 0.3) is 0 Å². The standard InChI is InChI=1S/C8H9N5O/c1-2-13-7(5-10-12-13)6-3-4-9-8(14)11-6/h3-5H,2H2,1H3,(H,9,11,14). The van der Waals surface area contributed by atoms with Crippen LogP contribution in [-0.2, 0) is 6.54 Å². The molecule has 0 radical (unpaired) electrons. The summed E-state index contributed by atoms with van der Waals surface area (Å²) in [4.78, 5) is 17.1. The van der Waals surface area contributed by atoms with Gasteiger partial charge in [0.05, 0.1) is 11.9 Å². The minimum absolute atomic E-state index is 0.369. The second-order valence-electron chi connectivity index (χ2n) is 2.72. The summed E-state index contributed by atoms with van der Waals surface area (Å²) in [5.74, 6) is 0. The molecule has 2 rings (SSSR count). The summed E-state index contributed by atoms with van der Waals surface area (Å²) < 4.78 is 1.70. The van der Waals surface area contributed by atoms with Gasteiger partial charge in [0.1, 0.15) is 5.69 Å². The van der Waals surface area contributed by atoms with Gasteiger partial charge in [-0.15, -0.1) is 5.10 Å². The highest BCUT2D eigenvalue weighted by atomic mass is 16.1. The SMILES string of the molecule is CCn1nncc1-c1ccnc(=O)[nH]1. The minimum atomic E-state index is -0.369. The summed E-state index contributed by atoms with van der Waals surface area (Å²) in [6, 6.07) is 1.71. The average Bonchev–Trinajstić information content (AvgIpc) is 2.65. The average molecular weight is 191 g/mol. The fourth-order valence-corrected chi connectivity index (χ4v) is 1.22. The second-order valence-corrected chi connectivity index (χ2v) is 2.72. The lowest BCUT2D eigenvalue weighted by molar-refractivity contribution is 0.631. The number of aryl methyl sites for hydroxylation is 1. The van der Waals surface area contributed by atoms with Crippen molar-refractivity contribution in [2.45, 2.75) is 13.5 Å². The number of hydrogen-bond donors (Lipinski definition) is 1. The lowest BCUT2D eigenvalue weighted by Crippen LogP contribution is -2.11. The van der Waals surface area contributed by atoms with E-state index in [1.165, 1.54) is 6.20 Å². The monoisotopic (exact) mass is 191 g/mol. The second kappa shape index (κ2) is 3.41. The third-order valence-electron chi connectivity index (χ3n) is 1.87. The molecule has 0 fully saturated rings. The van der Waals surface area contributed by atoms with Gasteiger partial charge in [-0.25, -0.2) is 14.5 Å². The molecule has 0 saturated carbocycles. The van der Waals surface area contributed by atoms with Gasteiger partial charge in [0.15, 0.2) is 0 Å². The quantitative estimate of drug-likeness (QED) is 0.727. The zero-order valence-electron chi connectivity index (χ0n) is 7.64. The maximum Gasteiger partial charge on any atom is 0.345 e. The van der Waals surface area contributed by atoms with E-state index in [2.05, 4.69) is 20.3 Å². The van der Waals surface area contributed by atoms with E-state index in [1.54, 1.807) is 16.9 Å². The lowest BCUT2D eigenvalue weighted by Gasteiger charge is -2.01. The number of hydrogen-bond acceptors (Lipinski definition) is 4. The van der Waals surface area contributed by atoms with Crippen LogP contribution in [0.1, 0.15) is 6.92 Å². The zero-order valence-corrected chi connectivity index (χ0v) is 7.64. The van der Waals surface area contributed by atoms with Gasteiger partial charge in [0.2, 0.25) is 0 Å². The van der Waals surface area contributed by atoms with Crippen LogP contribution in [0.25, 0.3) is 11.4 Å². The largest absolute Gasteiger partial charge is 0.345 e. The van der Waals surface area contributed by atoms with Gasteiger partial charge in [-0.2, -0.15) is 0 Å². The van der Waals surface area contributed by atoms with Gasteiger partial charge in [-0.05, 0) is 13.0 Å². The summed E-state index contributed by atoms with van der Waals surface area (Å²) in [5.41, 5.74) is 1.09. The van der Waals surface area contributed by atoms with Crippen LogP contribution in [0, 0.1) is 0 Å². The molecule has 14 heavy (non-hydrogen) atoms. The molecule has 6 heteroatoms. The van der Waals surface area contributed by atoms with Gasteiger partial charge in [0, 0.05) is 12.7 Å². The Bertz CT molecular complexity index is 486. The Hall–Kier alpha value is -1.98. The highest BCUT2D eigenvalue weighted by Crippen LogP contribution is 2.11. The fraction of sp³-hybridized carbons (Fsp3) is 0.250. The summed E-state index contributed by atoms with van der Waals surface area (Å²) in [7, 11) is 0. The van der Waals surface area contributed by atoms with E-state index in [0.29, 0.717) is 12.2 Å². The Balaban J connectivity index is 2.54. The Morgan fingerprint density at radius 3 is 3.14 bits per heavy atom. The predicted molar refractivity (Wildman–Crippen MR) is 49.5 cm³/mol. The number of aromatic nitrogens is 5. The zero-order chi connectivity index (χ0) is 9.97. The van der Waals surface area contributed by atoms with E-state index >= 15 is 0 Å². The van der Waals surface area contributed by atoms with Gasteiger partial charge >= 0.3 is 5.69 Å². The van der Waals surface area contributed by atoms with Crippen LogP contribution >= 0.6 is 0 Å². The molecule has 0 amide bonds. The summed E-state index contributed by atoms with van der Waals surface area (Å²) >= 11 is 0. The fourth-order valence-electron chi connectivity index (χ4n) is 1.22. The number of aromatic amines is 1. The topological polar surface area (TPSA) is 76.5 Å². The van der Waals surface area contributed by atoms with E-state index in [1.807, 2.05) is 6.92 Å². The third kappa shape index (κ3) is 1.41. The highest BCUT2D eigenvalue weighted by Gasteiger charge is 2.05. The van der Waals surface area contributed by atoms with Crippen LogP contribution in [0.15, 0.2) is 23.3 Å². The summed E-state index contributed by atoms with van der Waals surface area (Å²) in [5, 5.41) is 7.63. The molecule has 0 unspecified atom stereocenters. The molecule has 0 aliphatic heterocycles. The van der Waals surface area contributed by atoms with E-state index in [4.69, 9.17) is 0 Å². The predicted octanol–water partition coefficient (Wildman–Crippen LogP) is 0.0483. The molecular weight excluding hydrogens is 182 g/mol. The maximum atomic E-state index is 11.0. The molecule has 0 bridgehead atoms. The molecule has 0 saturated heterocycles. The van der Waals surface area contributed by atoms with Crippen molar-refractivity contribution < 1.29 is 0 Å². The minimum Gasteiger partial charge on any atom is -0.304 e. The van der Waals surface area contributed by atoms with Crippen molar-refractivity contribution in [3.05, 3.63) is 28.9 Å². The molecular formula is C8H9N5O. The van der Waals surface area contributed by atoms with Crippen molar-refractivity contribution in [2.75, 3.05) is 0 Å². The molecule has 0 atom stereocenters. The lowest BCUT2D eigenvalue weighted by atomic mass is 10.3. The number of H-pyrrole nitrogens is 1. The number of rotatable bonds is 2. The summed E-state index contributed by atoms with van der Waals surface area (Å²) in [6.45, 7) is 2.66. The first-order chi connectivity index (χ1) is 6.81. The Morgan fingerprint density at radius 1 is 1.57 bits per heavy atom. The smallest absolute Gasteiger partial charge is 0.304 e. The molecule has 0 spiro atoms. The first kappa shape index (κ1) is 8.61. The van der Waals surface area contributed by atoms with Gasteiger partial charge in [-0.3, -0.25) is 0 Å². The van der Waals surface area contributed by atoms with Crippen LogP contribution in [0.5, 0.6) is 0 Å². The first-order valence-corrected chi connectivity index (χ1v) is 4.25. The van der Waals surface area contributed by atoms with E-state index < -0.39 is 0 Å². The molecule has 0 aliphatic rings. The Labute approximate surface area is 79.6 Å². The van der Waals surface area contributed by atoms with Crippen molar-refractivity contribution in [2.24, 2.45) is 0 Å². The van der Waals surface area contributed by atoms with Crippen LogP contribution in [0.2, 0.25) is 0 Å². The third-order valence-corrected chi connectivity index (χ3v) is 1.87. The maximum absolute atomic E-state index is 11.0. The Kier molecular flexibility index (Phi) is 2.10. The van der Waals surface area contributed by atoms with Crippen LogP contribution in [0.4, 0.5) is 0 Å². The Morgan fingerprint density at radius 2 is 2.43 bits per heavy atom. The van der Waals surface area contributed by atoms with Crippen molar-refractivity contribution in [1.82, 2.24) is 25.0 Å². The van der Waals surface area contributed by atoms with E-state index in [-0.39, 0.29) is 5.69 Å². The molecule has 2 heterocycles. The van der Waals surface area contributed by atoms with Crippen molar-refractivity contribution in [1.29, 1.82) is 0 Å². The summed E-state index contributed by atoms with van der Waals surface area (Å²) in [6.07, 6.45) is 3.07. The first-order valence-electron chi connectivity index (χ1n) is 4.25. The van der Waals surface area contributed by atoms with Crippen molar-refractivity contribution in [3.8, 4) is 11.4 Å². The molecule has 2 aromatic rings. The van der Waals surface area contributed by atoms with Gasteiger partial charge in [-0.1, -0.05) is 5.21 Å². The normalized spacial score (nSPS) is 10.4. The van der Waals surface area contributed by atoms with E-state index in [0.717, 1.165) is 5.69 Å². The highest BCUT2D eigenvalue weighted by molar-refractivity contribution is 5.51. The van der Waals surface area contributed by atoms with Crippen LogP contribution < -0.4 is 5.69 Å². The van der Waals surface area contributed by atoms with Crippen LogP contribution in [-0.4, -0.2) is 25.0 Å². The number of nitrogens with one attached hydrogen (secondary N) is 1. The van der Waals surface area contributed by atoms with E-state index in [9.17, 15) is 4.79 Å². The molecule has 2 aromatic heterocycles. The number of nitrogens with zero attached hydrogens (tertiary/aromatic N) is 4. The molecule has 0 aromatic carbocycles. The van der Waals surface area contributed by atoms with Gasteiger partial charge < -0.3 is 4.98 Å². The van der Waals surface area contributed by atoms with Crippen LogP contribution in [0.3, 0.4) is 0 Å². The molecule has 0 aliphatic carbocycles. The van der Waals surface area contributed by atoms with Crippen molar-refractivity contribution in [3.63, 3.8) is 0 Å². The molecule has 1 N–H and O–H groups in total.